The van der Waals surface area contributed by atoms with E-state index < -0.39 is 0 Å². The minimum Gasteiger partial charge on any atom is -0.493 e. The maximum Gasteiger partial charge on any atom is 0.256 e. The zero-order valence-corrected chi connectivity index (χ0v) is 17.9. The fourth-order valence-corrected chi connectivity index (χ4v) is 3.13. The van der Waals surface area contributed by atoms with Crippen LogP contribution in [-0.2, 0) is 4.79 Å². The molecule has 0 radical (unpaired) electrons. The van der Waals surface area contributed by atoms with Crippen molar-refractivity contribution in [3.05, 3.63) is 45.5 Å². The smallest absolute Gasteiger partial charge is 0.256 e. The van der Waals surface area contributed by atoms with E-state index in [9.17, 15) is 9.59 Å². The van der Waals surface area contributed by atoms with E-state index in [0.717, 1.165) is 3.57 Å². The molecule has 0 fully saturated rings. The highest BCUT2D eigenvalue weighted by molar-refractivity contribution is 14.1. The molecule has 2 rings (SSSR count). The number of anilines is 2. The quantitative estimate of drug-likeness (QED) is 0.568. The monoisotopic (exact) mass is 482 g/mol. The first-order valence-corrected chi connectivity index (χ1v) is 9.54. The Kier molecular flexibility index (Phi) is 7.46. The van der Waals surface area contributed by atoms with Crippen LogP contribution in [0.1, 0.15) is 30.6 Å². The van der Waals surface area contributed by atoms with Gasteiger partial charge in [-0.25, -0.2) is 0 Å². The van der Waals surface area contributed by atoms with Crippen molar-refractivity contribution in [2.24, 2.45) is 5.92 Å². The summed E-state index contributed by atoms with van der Waals surface area (Å²) in [5.74, 6) is 1.08. The van der Waals surface area contributed by atoms with Crippen LogP contribution >= 0.6 is 22.6 Å². The second-order valence-electron chi connectivity index (χ2n) is 6.36. The zero-order chi connectivity index (χ0) is 20.0. The molecule has 0 aliphatic heterocycles. The molecule has 0 aromatic heterocycles. The second-order valence-corrected chi connectivity index (χ2v) is 7.53. The standard InChI is InChI=1S/C20H23IN2O4/c1-12(2)9-19(24)22-13-5-7-14(8-6-13)23-20(25)15-10-17(26-3)18(27-4)11-16(15)21/h5-8,10-12H,9H2,1-4H3,(H,22,24)(H,23,25). The van der Waals surface area contributed by atoms with Gasteiger partial charge >= 0.3 is 0 Å². The summed E-state index contributed by atoms with van der Waals surface area (Å²) in [6.07, 6.45) is 0.468. The Hall–Kier alpha value is -2.29. The van der Waals surface area contributed by atoms with Gasteiger partial charge in [0.15, 0.2) is 11.5 Å². The number of hydrogen-bond donors (Lipinski definition) is 2. The van der Waals surface area contributed by atoms with E-state index in [1.165, 1.54) is 7.11 Å². The number of carbonyl (C=O) groups excluding carboxylic acids is 2. The molecular formula is C20H23IN2O4. The molecule has 0 aliphatic rings. The molecule has 0 aliphatic carbocycles. The van der Waals surface area contributed by atoms with Crippen LogP contribution in [0.4, 0.5) is 11.4 Å². The van der Waals surface area contributed by atoms with E-state index in [0.29, 0.717) is 40.8 Å². The molecule has 2 N–H and O–H groups in total. The normalized spacial score (nSPS) is 10.4. The van der Waals surface area contributed by atoms with Gasteiger partial charge in [-0.1, -0.05) is 13.8 Å². The number of nitrogens with one attached hydrogen (secondary N) is 2. The lowest BCUT2D eigenvalue weighted by molar-refractivity contribution is -0.116. The number of rotatable bonds is 7. The molecule has 6 nitrogen and oxygen atoms in total. The number of carbonyl (C=O) groups is 2. The summed E-state index contributed by atoms with van der Waals surface area (Å²) in [7, 11) is 3.08. The molecule has 2 amide bonds. The van der Waals surface area contributed by atoms with Crippen molar-refractivity contribution in [1.29, 1.82) is 0 Å². The zero-order valence-electron chi connectivity index (χ0n) is 15.8. The SMILES string of the molecule is COc1cc(I)c(C(=O)Nc2ccc(NC(=O)CC(C)C)cc2)cc1OC. The molecule has 144 valence electrons. The largest absolute Gasteiger partial charge is 0.493 e. The topological polar surface area (TPSA) is 76.7 Å². The molecule has 0 unspecified atom stereocenters. The maximum absolute atomic E-state index is 12.6. The number of ether oxygens (including phenoxy) is 2. The van der Waals surface area contributed by atoms with Crippen LogP contribution < -0.4 is 20.1 Å². The van der Waals surface area contributed by atoms with Crippen LogP contribution in [0.3, 0.4) is 0 Å². The molecule has 0 spiro atoms. The van der Waals surface area contributed by atoms with Crippen LogP contribution in [0, 0.1) is 9.49 Å². The van der Waals surface area contributed by atoms with E-state index in [1.807, 2.05) is 13.8 Å². The molecule has 27 heavy (non-hydrogen) atoms. The third-order valence-electron chi connectivity index (χ3n) is 3.74. The van der Waals surface area contributed by atoms with Gasteiger partial charge in [-0.3, -0.25) is 9.59 Å². The Balaban J connectivity index is 2.09. The first kappa shape index (κ1) is 21.0. The lowest BCUT2D eigenvalue weighted by Crippen LogP contribution is -2.15. The average molecular weight is 482 g/mol. The van der Waals surface area contributed by atoms with Crippen LogP contribution in [0.5, 0.6) is 11.5 Å². The predicted octanol–water partition coefficient (Wildman–Crippen LogP) is 4.55. The molecule has 2 aromatic carbocycles. The van der Waals surface area contributed by atoms with Gasteiger partial charge in [0.2, 0.25) is 5.91 Å². The van der Waals surface area contributed by atoms with E-state index in [-0.39, 0.29) is 11.8 Å². The fraction of sp³-hybridized carbons (Fsp3) is 0.300. The van der Waals surface area contributed by atoms with Crippen molar-refractivity contribution < 1.29 is 19.1 Å². The Morgan fingerprint density at radius 2 is 1.48 bits per heavy atom. The van der Waals surface area contributed by atoms with Crippen molar-refractivity contribution in [3.8, 4) is 11.5 Å². The van der Waals surface area contributed by atoms with E-state index in [1.54, 1.807) is 43.5 Å². The summed E-state index contributed by atoms with van der Waals surface area (Å²) >= 11 is 2.08. The molecule has 0 heterocycles. The maximum atomic E-state index is 12.6. The number of amides is 2. The van der Waals surface area contributed by atoms with E-state index in [2.05, 4.69) is 33.2 Å². The second kappa shape index (κ2) is 9.59. The average Bonchev–Trinajstić information content (AvgIpc) is 2.62. The highest BCUT2D eigenvalue weighted by Gasteiger charge is 2.16. The van der Waals surface area contributed by atoms with Crippen molar-refractivity contribution in [1.82, 2.24) is 0 Å². The molecule has 7 heteroatoms. The fourth-order valence-electron chi connectivity index (χ4n) is 2.45. The summed E-state index contributed by atoms with van der Waals surface area (Å²) in [5, 5.41) is 5.69. The lowest BCUT2D eigenvalue weighted by atomic mass is 10.1. The molecular weight excluding hydrogens is 459 g/mol. The van der Waals surface area contributed by atoms with Gasteiger partial charge in [-0.2, -0.15) is 0 Å². The summed E-state index contributed by atoms with van der Waals surface area (Å²) in [5.41, 5.74) is 1.81. The first-order chi connectivity index (χ1) is 12.8. The molecule has 2 aromatic rings. The third-order valence-corrected chi connectivity index (χ3v) is 4.63. The van der Waals surface area contributed by atoms with E-state index in [4.69, 9.17) is 9.47 Å². The summed E-state index contributed by atoms with van der Waals surface area (Å²) in [6, 6.07) is 10.4. The van der Waals surface area contributed by atoms with Gasteiger partial charge in [0.25, 0.3) is 5.91 Å². The van der Waals surface area contributed by atoms with Gasteiger partial charge in [0, 0.05) is 21.4 Å². The Morgan fingerprint density at radius 3 is 2.00 bits per heavy atom. The van der Waals surface area contributed by atoms with Gasteiger partial charge in [0.1, 0.15) is 0 Å². The van der Waals surface area contributed by atoms with Crippen molar-refractivity contribution >= 4 is 45.8 Å². The first-order valence-electron chi connectivity index (χ1n) is 8.46. The molecule has 0 atom stereocenters. The van der Waals surface area contributed by atoms with Gasteiger partial charge < -0.3 is 20.1 Å². The van der Waals surface area contributed by atoms with Crippen LogP contribution in [-0.4, -0.2) is 26.0 Å². The number of benzene rings is 2. The minimum atomic E-state index is -0.253. The minimum absolute atomic E-state index is 0.0262. The number of hydrogen-bond acceptors (Lipinski definition) is 4. The van der Waals surface area contributed by atoms with Crippen LogP contribution in [0.15, 0.2) is 36.4 Å². The third kappa shape index (κ3) is 5.85. The van der Waals surface area contributed by atoms with Gasteiger partial charge in [-0.15, -0.1) is 0 Å². The lowest BCUT2D eigenvalue weighted by Gasteiger charge is -2.12. The Morgan fingerprint density at radius 1 is 0.963 bits per heavy atom. The summed E-state index contributed by atoms with van der Waals surface area (Å²) in [4.78, 5) is 24.4. The summed E-state index contributed by atoms with van der Waals surface area (Å²) in [6.45, 7) is 3.99. The van der Waals surface area contributed by atoms with E-state index >= 15 is 0 Å². The highest BCUT2D eigenvalue weighted by atomic mass is 127. The molecule has 0 saturated carbocycles. The highest BCUT2D eigenvalue weighted by Crippen LogP contribution is 2.31. The Labute approximate surface area is 172 Å². The molecule has 0 bridgehead atoms. The predicted molar refractivity (Wildman–Crippen MR) is 115 cm³/mol. The van der Waals surface area contributed by atoms with Gasteiger partial charge in [-0.05, 0) is 64.9 Å². The van der Waals surface area contributed by atoms with Crippen molar-refractivity contribution in [2.45, 2.75) is 20.3 Å². The van der Waals surface area contributed by atoms with Crippen molar-refractivity contribution in [3.63, 3.8) is 0 Å². The molecule has 0 saturated heterocycles. The Bertz CT molecular complexity index is 819. The van der Waals surface area contributed by atoms with Gasteiger partial charge in [0.05, 0.1) is 19.8 Å². The number of methoxy groups -OCH3 is 2. The van der Waals surface area contributed by atoms with Crippen LogP contribution in [0.25, 0.3) is 0 Å². The number of halogens is 1. The summed E-state index contributed by atoms with van der Waals surface area (Å²) < 4.78 is 11.3. The van der Waals surface area contributed by atoms with Crippen molar-refractivity contribution in [2.75, 3.05) is 24.9 Å². The van der Waals surface area contributed by atoms with Crippen LogP contribution in [0.2, 0.25) is 0 Å².